The van der Waals surface area contributed by atoms with Gasteiger partial charge in [-0.15, -0.1) is 0 Å². The highest BCUT2D eigenvalue weighted by Gasteiger charge is 2.35. The molecule has 0 aliphatic rings. The Bertz CT molecular complexity index is 689. The average Bonchev–Trinajstić information content (AvgIpc) is 3.01. The van der Waals surface area contributed by atoms with Crippen molar-refractivity contribution in [2.24, 2.45) is 13.0 Å². The molecule has 0 bridgehead atoms. The summed E-state index contributed by atoms with van der Waals surface area (Å²) in [7, 11) is 1.69. The van der Waals surface area contributed by atoms with Crippen molar-refractivity contribution in [3.63, 3.8) is 0 Å². The van der Waals surface area contributed by atoms with Crippen molar-refractivity contribution in [3.05, 3.63) is 35.7 Å². The van der Waals surface area contributed by atoms with Crippen LogP contribution in [0.5, 0.6) is 0 Å². The lowest BCUT2D eigenvalue weighted by Gasteiger charge is -2.16. The number of nitrogens with zero attached hydrogens (tertiary/aromatic N) is 4. The molecule has 126 valence electrons. The number of alkyl halides is 3. The van der Waals surface area contributed by atoms with E-state index in [0.29, 0.717) is 11.4 Å². The fourth-order valence-corrected chi connectivity index (χ4v) is 2.21. The summed E-state index contributed by atoms with van der Waals surface area (Å²) in [6.45, 7) is 3.57. The van der Waals surface area contributed by atoms with Gasteiger partial charge in [-0.2, -0.15) is 18.3 Å². The van der Waals surface area contributed by atoms with Gasteiger partial charge < -0.3 is 9.88 Å². The summed E-state index contributed by atoms with van der Waals surface area (Å²) in [5.41, 5.74) is -0.0774. The van der Waals surface area contributed by atoms with Crippen molar-refractivity contribution in [1.29, 1.82) is 0 Å². The van der Waals surface area contributed by atoms with Gasteiger partial charge in [0, 0.05) is 20.1 Å². The van der Waals surface area contributed by atoms with Gasteiger partial charge in [-0.25, -0.2) is 4.98 Å². The van der Waals surface area contributed by atoms with E-state index in [-0.39, 0.29) is 24.9 Å². The number of imidazole rings is 1. The largest absolute Gasteiger partial charge is 0.433 e. The number of rotatable bonds is 5. The quantitative estimate of drug-likeness (QED) is 0.913. The van der Waals surface area contributed by atoms with Crippen molar-refractivity contribution in [1.82, 2.24) is 24.6 Å². The van der Waals surface area contributed by atoms with Crippen LogP contribution in [0.3, 0.4) is 0 Å². The molecular weight excluding hydrogens is 311 g/mol. The molecule has 2 aromatic heterocycles. The van der Waals surface area contributed by atoms with Gasteiger partial charge in [-0.05, 0) is 18.9 Å². The van der Waals surface area contributed by atoms with Crippen molar-refractivity contribution in [3.8, 4) is 0 Å². The minimum atomic E-state index is -4.45. The van der Waals surface area contributed by atoms with Crippen LogP contribution in [0, 0.1) is 12.8 Å². The van der Waals surface area contributed by atoms with Crippen LogP contribution in [-0.2, 0) is 19.8 Å². The van der Waals surface area contributed by atoms with E-state index >= 15 is 0 Å². The molecule has 0 radical (unpaired) electrons. The standard InChI is InChI=1S/C14H18F3N5O/c1-9(5-19-13(23)11-6-18-8-21(11)3)7-22-12(14(15,16)17)4-10(2)20-22/h4,6,8-9H,5,7H2,1-3H3,(H,19,23)/t9-/m0/s1. The van der Waals surface area contributed by atoms with Crippen LogP contribution in [0.2, 0.25) is 0 Å². The van der Waals surface area contributed by atoms with E-state index in [0.717, 1.165) is 10.7 Å². The fourth-order valence-electron chi connectivity index (χ4n) is 2.21. The third kappa shape index (κ3) is 4.11. The first-order valence-electron chi connectivity index (χ1n) is 7.04. The molecular formula is C14H18F3N5O. The predicted octanol–water partition coefficient (Wildman–Crippen LogP) is 2.01. The normalized spacial score (nSPS) is 13.1. The Balaban J connectivity index is 1.97. The van der Waals surface area contributed by atoms with Crippen molar-refractivity contribution in [2.45, 2.75) is 26.6 Å². The Morgan fingerprint density at radius 2 is 2.13 bits per heavy atom. The summed E-state index contributed by atoms with van der Waals surface area (Å²) >= 11 is 0. The monoisotopic (exact) mass is 329 g/mol. The number of nitrogens with one attached hydrogen (secondary N) is 1. The minimum Gasteiger partial charge on any atom is -0.350 e. The van der Waals surface area contributed by atoms with Crippen LogP contribution in [0.15, 0.2) is 18.6 Å². The molecule has 0 aliphatic heterocycles. The maximum atomic E-state index is 12.9. The van der Waals surface area contributed by atoms with Crippen LogP contribution in [0.1, 0.15) is 28.8 Å². The molecule has 1 N–H and O–H groups in total. The Hall–Kier alpha value is -2.32. The molecule has 9 heteroatoms. The van der Waals surface area contributed by atoms with E-state index < -0.39 is 11.9 Å². The number of carbonyl (C=O) groups is 1. The summed E-state index contributed by atoms with van der Waals surface area (Å²) in [6, 6.07) is 1.01. The van der Waals surface area contributed by atoms with Crippen molar-refractivity contribution >= 4 is 5.91 Å². The minimum absolute atomic E-state index is 0.0638. The zero-order valence-corrected chi connectivity index (χ0v) is 13.1. The molecule has 1 amide bonds. The topological polar surface area (TPSA) is 64.7 Å². The third-order valence-electron chi connectivity index (χ3n) is 3.34. The van der Waals surface area contributed by atoms with E-state index in [1.54, 1.807) is 18.5 Å². The maximum absolute atomic E-state index is 12.9. The fraction of sp³-hybridized carbons (Fsp3) is 0.500. The average molecular weight is 329 g/mol. The Morgan fingerprint density at radius 1 is 1.43 bits per heavy atom. The first-order valence-corrected chi connectivity index (χ1v) is 7.04. The van der Waals surface area contributed by atoms with E-state index in [4.69, 9.17) is 0 Å². The van der Waals surface area contributed by atoms with Gasteiger partial charge in [0.05, 0.1) is 18.2 Å². The number of hydrogen-bond acceptors (Lipinski definition) is 3. The van der Waals surface area contributed by atoms with Gasteiger partial charge >= 0.3 is 6.18 Å². The molecule has 0 spiro atoms. The van der Waals surface area contributed by atoms with E-state index in [1.165, 1.54) is 19.4 Å². The Labute approximate surface area is 131 Å². The van der Waals surface area contributed by atoms with Crippen LogP contribution in [0.25, 0.3) is 0 Å². The molecule has 0 aliphatic carbocycles. The molecule has 23 heavy (non-hydrogen) atoms. The molecule has 0 fully saturated rings. The maximum Gasteiger partial charge on any atom is 0.433 e. The number of aromatic nitrogens is 4. The lowest BCUT2D eigenvalue weighted by molar-refractivity contribution is -0.144. The molecule has 0 aromatic carbocycles. The van der Waals surface area contributed by atoms with Crippen LogP contribution < -0.4 is 5.32 Å². The zero-order chi connectivity index (χ0) is 17.2. The summed E-state index contributed by atoms with van der Waals surface area (Å²) in [4.78, 5) is 15.8. The van der Waals surface area contributed by atoms with Gasteiger partial charge in [0.15, 0.2) is 0 Å². The molecule has 2 heterocycles. The predicted molar refractivity (Wildman–Crippen MR) is 76.7 cm³/mol. The Morgan fingerprint density at radius 3 is 2.70 bits per heavy atom. The zero-order valence-electron chi connectivity index (χ0n) is 13.1. The van der Waals surface area contributed by atoms with Crippen molar-refractivity contribution in [2.75, 3.05) is 6.54 Å². The summed E-state index contributed by atoms with van der Waals surface area (Å²) in [6.07, 6.45) is -1.52. The van der Waals surface area contributed by atoms with Crippen LogP contribution in [0.4, 0.5) is 13.2 Å². The molecule has 0 unspecified atom stereocenters. The van der Waals surface area contributed by atoms with E-state index in [2.05, 4.69) is 15.4 Å². The summed E-state index contributed by atoms with van der Waals surface area (Å²) < 4.78 is 41.3. The SMILES string of the molecule is Cc1cc(C(F)(F)F)n(C[C@@H](C)CNC(=O)c2cncn2C)n1. The molecule has 1 atom stereocenters. The molecule has 0 saturated carbocycles. The number of amides is 1. The first-order chi connectivity index (χ1) is 10.7. The highest BCUT2D eigenvalue weighted by molar-refractivity contribution is 5.92. The third-order valence-corrected chi connectivity index (χ3v) is 3.34. The van der Waals surface area contributed by atoms with Gasteiger partial charge in [0.25, 0.3) is 5.91 Å². The Kier molecular flexibility index (Phi) is 4.76. The smallest absolute Gasteiger partial charge is 0.350 e. The van der Waals surface area contributed by atoms with Gasteiger partial charge in [-0.3, -0.25) is 9.48 Å². The second-order valence-corrected chi connectivity index (χ2v) is 5.56. The summed E-state index contributed by atoms with van der Waals surface area (Å²) in [5.74, 6) is -0.530. The number of hydrogen-bond donors (Lipinski definition) is 1. The molecule has 2 aromatic rings. The highest BCUT2D eigenvalue weighted by atomic mass is 19.4. The number of carbonyl (C=O) groups excluding carboxylic acids is 1. The lowest BCUT2D eigenvalue weighted by Crippen LogP contribution is -2.31. The van der Waals surface area contributed by atoms with Gasteiger partial charge in [0.2, 0.25) is 0 Å². The van der Waals surface area contributed by atoms with E-state index in [1.807, 2.05) is 0 Å². The van der Waals surface area contributed by atoms with Gasteiger partial charge in [-0.1, -0.05) is 6.92 Å². The van der Waals surface area contributed by atoms with Crippen LogP contribution >= 0.6 is 0 Å². The van der Waals surface area contributed by atoms with E-state index in [9.17, 15) is 18.0 Å². The molecule has 0 saturated heterocycles. The second-order valence-electron chi connectivity index (χ2n) is 5.56. The number of aryl methyl sites for hydroxylation is 2. The van der Waals surface area contributed by atoms with Crippen LogP contribution in [-0.4, -0.2) is 31.8 Å². The molecule has 2 rings (SSSR count). The molecule has 6 nitrogen and oxygen atoms in total. The second kappa shape index (κ2) is 6.43. The van der Waals surface area contributed by atoms with Gasteiger partial charge in [0.1, 0.15) is 11.4 Å². The summed E-state index contributed by atoms with van der Waals surface area (Å²) in [5, 5.41) is 6.57. The first kappa shape index (κ1) is 17.0. The van der Waals surface area contributed by atoms with Crippen molar-refractivity contribution < 1.29 is 18.0 Å². The highest BCUT2D eigenvalue weighted by Crippen LogP contribution is 2.30. The lowest BCUT2D eigenvalue weighted by atomic mass is 10.2. The number of halogens is 3.